The van der Waals surface area contributed by atoms with E-state index < -0.39 is 11.6 Å². The minimum Gasteiger partial charge on any atom is -0.289 e. The predicted octanol–water partition coefficient (Wildman–Crippen LogP) is 3.46. The first kappa shape index (κ1) is 15.3. The molecule has 0 radical (unpaired) electrons. The number of rotatable bonds is 3. The van der Waals surface area contributed by atoms with Crippen molar-refractivity contribution in [3.8, 4) is 0 Å². The van der Waals surface area contributed by atoms with Crippen molar-refractivity contribution in [3.63, 3.8) is 0 Å². The Morgan fingerprint density at radius 1 is 1.21 bits per heavy atom. The van der Waals surface area contributed by atoms with E-state index in [-0.39, 0.29) is 6.04 Å². The molecule has 126 valence electrons. The van der Waals surface area contributed by atoms with Gasteiger partial charge in [0.05, 0.1) is 12.2 Å². The highest BCUT2D eigenvalue weighted by Gasteiger charge is 2.28. The number of benzene rings is 1. The Balaban J connectivity index is 1.50. The minimum atomic E-state index is -0.533. The number of hydrogen-bond acceptors (Lipinski definition) is 3. The molecule has 1 aromatic heterocycles. The van der Waals surface area contributed by atoms with Gasteiger partial charge in [-0.1, -0.05) is 0 Å². The molecule has 2 aliphatic rings. The summed E-state index contributed by atoms with van der Waals surface area (Å²) < 4.78 is 29.1. The average Bonchev–Trinajstić information content (AvgIpc) is 3.14. The van der Waals surface area contributed by atoms with E-state index >= 15 is 0 Å². The lowest BCUT2D eigenvalue weighted by Crippen LogP contribution is -2.31. The fraction of sp³-hybridized carbons (Fsp3) is 0.444. The highest BCUT2D eigenvalue weighted by Crippen LogP contribution is 2.32. The van der Waals surface area contributed by atoms with Crippen molar-refractivity contribution in [2.24, 2.45) is 11.0 Å². The highest BCUT2D eigenvalue weighted by molar-refractivity contribution is 5.60. The molecule has 2 aromatic rings. The first-order valence-corrected chi connectivity index (χ1v) is 8.36. The van der Waals surface area contributed by atoms with Crippen LogP contribution >= 0.6 is 0 Å². The summed E-state index contributed by atoms with van der Waals surface area (Å²) in [6.07, 6.45) is 6.47. The molecule has 0 saturated carbocycles. The number of aryl methyl sites for hydroxylation is 2. The van der Waals surface area contributed by atoms with Gasteiger partial charge in [0.15, 0.2) is 0 Å². The van der Waals surface area contributed by atoms with E-state index in [9.17, 15) is 8.78 Å². The van der Waals surface area contributed by atoms with Crippen LogP contribution in [0.1, 0.15) is 35.7 Å². The maximum Gasteiger partial charge on any atom is 0.126 e. The maximum absolute atomic E-state index is 13.5. The van der Waals surface area contributed by atoms with Gasteiger partial charge in [0.25, 0.3) is 0 Å². The van der Waals surface area contributed by atoms with E-state index in [1.165, 1.54) is 23.4 Å². The zero-order chi connectivity index (χ0) is 16.7. The van der Waals surface area contributed by atoms with Gasteiger partial charge in [-0.05, 0) is 48.9 Å². The third-order valence-electron chi connectivity index (χ3n) is 5.02. The lowest BCUT2D eigenvalue weighted by Gasteiger charge is -2.31. The molecule has 3 heterocycles. The van der Waals surface area contributed by atoms with E-state index in [1.54, 1.807) is 0 Å². The second-order valence-electron chi connectivity index (χ2n) is 6.73. The van der Waals surface area contributed by atoms with E-state index in [0.29, 0.717) is 17.9 Å². The van der Waals surface area contributed by atoms with E-state index in [0.717, 1.165) is 32.0 Å². The van der Waals surface area contributed by atoms with Gasteiger partial charge in [-0.2, -0.15) is 10.2 Å². The Labute approximate surface area is 139 Å². The van der Waals surface area contributed by atoms with E-state index in [1.807, 2.05) is 17.4 Å². The van der Waals surface area contributed by atoms with Gasteiger partial charge >= 0.3 is 0 Å². The van der Waals surface area contributed by atoms with Crippen LogP contribution in [0.5, 0.6) is 0 Å². The third kappa shape index (κ3) is 2.81. The number of hydrogen-bond donors (Lipinski definition) is 0. The number of aromatic nitrogens is 2. The second kappa shape index (κ2) is 6.00. The molecular weight excluding hydrogens is 310 g/mol. The molecule has 1 unspecified atom stereocenters. The summed E-state index contributed by atoms with van der Waals surface area (Å²) in [6.45, 7) is 3.81. The van der Waals surface area contributed by atoms with Crippen LogP contribution in [0.4, 0.5) is 8.78 Å². The number of hydrazone groups is 1. The smallest absolute Gasteiger partial charge is 0.126 e. The third-order valence-corrected chi connectivity index (χ3v) is 5.02. The van der Waals surface area contributed by atoms with Crippen LogP contribution in [0.3, 0.4) is 0 Å². The molecule has 2 aliphatic heterocycles. The van der Waals surface area contributed by atoms with Crippen molar-refractivity contribution in [1.82, 2.24) is 14.8 Å². The summed E-state index contributed by atoms with van der Waals surface area (Å²) in [6, 6.07) is 3.66. The van der Waals surface area contributed by atoms with E-state index in [4.69, 9.17) is 0 Å². The first-order valence-electron chi connectivity index (χ1n) is 8.36. The number of fused-ring (bicyclic) bond motifs is 1. The highest BCUT2D eigenvalue weighted by atomic mass is 19.1. The Morgan fingerprint density at radius 2 is 2.00 bits per heavy atom. The molecular formula is C18H20F2N4. The Hall–Kier alpha value is -2.24. The van der Waals surface area contributed by atoms with Gasteiger partial charge in [-0.15, -0.1) is 0 Å². The van der Waals surface area contributed by atoms with Crippen LogP contribution in [-0.4, -0.2) is 27.5 Å². The Morgan fingerprint density at radius 3 is 2.79 bits per heavy atom. The normalized spacial score (nSPS) is 22.9. The molecule has 4 nitrogen and oxygen atoms in total. The molecule has 0 saturated heterocycles. The number of nitrogens with zero attached hydrogens (tertiary/aromatic N) is 4. The zero-order valence-electron chi connectivity index (χ0n) is 13.6. The van der Waals surface area contributed by atoms with Crippen molar-refractivity contribution >= 4 is 6.21 Å². The van der Waals surface area contributed by atoms with Crippen LogP contribution < -0.4 is 0 Å². The van der Waals surface area contributed by atoms with Crippen molar-refractivity contribution in [2.75, 3.05) is 6.54 Å². The molecule has 0 aliphatic carbocycles. The minimum absolute atomic E-state index is 0.0804. The van der Waals surface area contributed by atoms with Gasteiger partial charge in [-0.3, -0.25) is 9.69 Å². The second-order valence-corrected chi connectivity index (χ2v) is 6.73. The molecule has 2 atom stereocenters. The summed E-state index contributed by atoms with van der Waals surface area (Å²) in [4.78, 5) is 0. The molecule has 0 amide bonds. The fourth-order valence-corrected chi connectivity index (χ4v) is 3.77. The Bertz CT molecular complexity index is 763. The van der Waals surface area contributed by atoms with Gasteiger partial charge in [-0.25, -0.2) is 8.78 Å². The molecule has 4 rings (SSSR count). The van der Waals surface area contributed by atoms with Crippen LogP contribution in [0.25, 0.3) is 0 Å². The molecule has 6 heteroatoms. The van der Waals surface area contributed by atoms with Crippen LogP contribution in [0, 0.1) is 24.5 Å². The standard InChI is InChI=1S/C18H20F2N4/c1-12-10-22-23-5-3-13(6-18(12)23)11-24-17(2-4-21-24)14-7-15(19)9-16(20)8-14/h4,7-10,13,17H,2-3,5-6,11H2,1H3/t13?,17-/m0/s1. The topological polar surface area (TPSA) is 33.4 Å². The summed E-state index contributed by atoms with van der Waals surface area (Å²) in [5.74, 6) is -0.591. The summed E-state index contributed by atoms with van der Waals surface area (Å²) >= 11 is 0. The zero-order valence-corrected chi connectivity index (χ0v) is 13.6. The monoisotopic (exact) mass is 330 g/mol. The molecule has 0 fully saturated rings. The van der Waals surface area contributed by atoms with Gasteiger partial charge in [0.2, 0.25) is 0 Å². The Kier molecular flexibility index (Phi) is 3.82. The summed E-state index contributed by atoms with van der Waals surface area (Å²) in [5, 5.41) is 10.8. The predicted molar refractivity (Wildman–Crippen MR) is 87.7 cm³/mol. The number of halogens is 2. The van der Waals surface area contributed by atoms with Crippen molar-refractivity contribution in [1.29, 1.82) is 0 Å². The van der Waals surface area contributed by atoms with Gasteiger partial charge in [0.1, 0.15) is 11.6 Å². The fourth-order valence-electron chi connectivity index (χ4n) is 3.77. The maximum atomic E-state index is 13.5. The summed E-state index contributed by atoms with van der Waals surface area (Å²) in [7, 11) is 0. The molecule has 1 aromatic carbocycles. The first-order chi connectivity index (χ1) is 11.6. The van der Waals surface area contributed by atoms with Crippen molar-refractivity contribution in [2.45, 2.75) is 38.8 Å². The van der Waals surface area contributed by atoms with Crippen molar-refractivity contribution in [3.05, 3.63) is 52.9 Å². The molecule has 0 spiro atoms. The van der Waals surface area contributed by atoms with Crippen molar-refractivity contribution < 1.29 is 8.78 Å². The van der Waals surface area contributed by atoms with Gasteiger partial charge < -0.3 is 0 Å². The lowest BCUT2D eigenvalue weighted by molar-refractivity contribution is 0.177. The van der Waals surface area contributed by atoms with Gasteiger partial charge in [0, 0.05) is 37.5 Å². The van der Waals surface area contributed by atoms with Crippen LogP contribution in [0.15, 0.2) is 29.5 Å². The SMILES string of the molecule is Cc1cnn2c1CC(CN1N=CC[C@H]1c1cc(F)cc(F)c1)CC2. The summed E-state index contributed by atoms with van der Waals surface area (Å²) in [5.41, 5.74) is 3.18. The largest absolute Gasteiger partial charge is 0.289 e. The lowest BCUT2D eigenvalue weighted by atomic mass is 9.93. The molecule has 24 heavy (non-hydrogen) atoms. The molecule has 0 bridgehead atoms. The van der Waals surface area contributed by atoms with E-state index in [2.05, 4.69) is 21.8 Å². The quantitative estimate of drug-likeness (QED) is 0.863. The molecule has 0 N–H and O–H groups in total. The van der Waals surface area contributed by atoms with Crippen LogP contribution in [-0.2, 0) is 13.0 Å². The van der Waals surface area contributed by atoms with Crippen LogP contribution in [0.2, 0.25) is 0 Å². The average molecular weight is 330 g/mol.